The van der Waals surface area contributed by atoms with Crippen molar-refractivity contribution in [1.82, 2.24) is 4.90 Å². The number of amides is 3. The highest BCUT2D eigenvalue weighted by molar-refractivity contribution is 6.10. The molecule has 28 heavy (non-hydrogen) atoms. The first-order valence-corrected chi connectivity index (χ1v) is 9.85. The van der Waals surface area contributed by atoms with E-state index in [0.29, 0.717) is 23.1 Å². The Balaban J connectivity index is 1.33. The van der Waals surface area contributed by atoms with Crippen molar-refractivity contribution in [2.24, 2.45) is 35.5 Å². The van der Waals surface area contributed by atoms with Gasteiger partial charge in [0.2, 0.25) is 17.7 Å². The standard InChI is InChI=1S/C22H22N2O4/c1-10(20(26)23-13-5-3-12(4-6-13)11(2)25)24-21(27)18-14-7-8-15(17-9-16(14)17)19(18)22(24)28/h3-8,10,14-19H,9H2,1-2H3,(H,23,26)/t10-,14-,15-,16-,17-,18-,19+/m0/s1. The van der Waals surface area contributed by atoms with Crippen molar-refractivity contribution in [2.75, 3.05) is 5.32 Å². The van der Waals surface area contributed by atoms with Gasteiger partial charge < -0.3 is 5.32 Å². The maximum atomic E-state index is 13.1. The van der Waals surface area contributed by atoms with Gasteiger partial charge in [0.05, 0.1) is 11.8 Å². The third kappa shape index (κ3) is 2.33. The average molecular weight is 378 g/mol. The number of benzene rings is 1. The van der Waals surface area contributed by atoms with E-state index in [-0.39, 0.29) is 41.3 Å². The van der Waals surface area contributed by atoms with Crippen LogP contribution in [0.3, 0.4) is 0 Å². The van der Waals surface area contributed by atoms with E-state index in [9.17, 15) is 19.2 Å². The lowest BCUT2D eigenvalue weighted by molar-refractivity contribution is -0.146. The molecule has 5 aliphatic rings. The Labute approximate surface area is 163 Å². The van der Waals surface area contributed by atoms with E-state index >= 15 is 0 Å². The molecule has 1 saturated heterocycles. The van der Waals surface area contributed by atoms with Gasteiger partial charge in [-0.3, -0.25) is 24.1 Å². The number of nitrogens with zero attached hydrogens (tertiary/aromatic N) is 1. The summed E-state index contributed by atoms with van der Waals surface area (Å²) in [5, 5.41) is 2.75. The van der Waals surface area contributed by atoms with Gasteiger partial charge in [-0.25, -0.2) is 0 Å². The first-order valence-electron chi connectivity index (χ1n) is 9.85. The quantitative estimate of drug-likeness (QED) is 0.495. The fourth-order valence-electron chi connectivity index (χ4n) is 5.51. The zero-order valence-corrected chi connectivity index (χ0v) is 15.8. The van der Waals surface area contributed by atoms with Crippen LogP contribution in [0.1, 0.15) is 30.6 Å². The monoisotopic (exact) mass is 378 g/mol. The molecule has 1 aromatic carbocycles. The van der Waals surface area contributed by atoms with E-state index in [4.69, 9.17) is 0 Å². The second-order valence-electron chi connectivity index (χ2n) is 8.50. The van der Waals surface area contributed by atoms with Crippen LogP contribution < -0.4 is 5.32 Å². The molecule has 7 atom stereocenters. The highest BCUT2D eigenvalue weighted by atomic mass is 16.2. The summed E-state index contributed by atoms with van der Waals surface area (Å²) in [7, 11) is 0. The molecule has 3 fully saturated rings. The van der Waals surface area contributed by atoms with Crippen LogP contribution in [0.2, 0.25) is 0 Å². The lowest BCUT2D eigenvalue weighted by Crippen LogP contribution is -2.46. The first-order chi connectivity index (χ1) is 13.4. The molecule has 4 aliphatic carbocycles. The summed E-state index contributed by atoms with van der Waals surface area (Å²) >= 11 is 0. The van der Waals surface area contributed by atoms with Crippen molar-refractivity contribution in [3.8, 4) is 0 Å². The average Bonchev–Trinajstić information content (AvgIpc) is 3.45. The predicted octanol–water partition coefficient (Wildman–Crippen LogP) is 2.27. The first kappa shape index (κ1) is 17.3. The van der Waals surface area contributed by atoms with E-state index in [1.54, 1.807) is 31.2 Å². The van der Waals surface area contributed by atoms with Crippen molar-refractivity contribution < 1.29 is 19.2 Å². The third-order valence-electron chi connectivity index (χ3n) is 7.02. The third-order valence-corrected chi connectivity index (χ3v) is 7.02. The molecule has 6 heteroatoms. The number of nitrogens with one attached hydrogen (secondary N) is 1. The van der Waals surface area contributed by atoms with Gasteiger partial charge in [-0.2, -0.15) is 0 Å². The lowest BCUT2D eigenvalue weighted by atomic mass is 9.63. The van der Waals surface area contributed by atoms with E-state index in [2.05, 4.69) is 17.5 Å². The highest BCUT2D eigenvalue weighted by Gasteiger charge is 2.67. The fourth-order valence-corrected chi connectivity index (χ4v) is 5.51. The normalized spacial score (nSPS) is 35.4. The Kier molecular flexibility index (Phi) is 3.63. The van der Waals surface area contributed by atoms with Gasteiger partial charge in [0.15, 0.2) is 5.78 Å². The van der Waals surface area contributed by atoms with Crippen LogP contribution in [-0.2, 0) is 14.4 Å². The van der Waals surface area contributed by atoms with E-state index in [1.165, 1.54) is 11.8 Å². The Morgan fingerprint density at radius 1 is 1.00 bits per heavy atom. The van der Waals surface area contributed by atoms with Gasteiger partial charge in [-0.15, -0.1) is 0 Å². The smallest absolute Gasteiger partial charge is 0.247 e. The summed E-state index contributed by atoms with van der Waals surface area (Å²) in [5.41, 5.74) is 1.09. The number of allylic oxidation sites excluding steroid dienone is 2. The number of Topliss-reactive ketones (excluding diaryl/α,β-unsaturated/α-hetero) is 1. The summed E-state index contributed by atoms with van der Waals surface area (Å²) in [6, 6.07) is 5.70. The van der Waals surface area contributed by atoms with Crippen LogP contribution in [0.15, 0.2) is 36.4 Å². The number of carbonyl (C=O) groups is 4. The number of hydrogen-bond donors (Lipinski definition) is 1. The van der Waals surface area contributed by atoms with Crippen LogP contribution in [0.25, 0.3) is 0 Å². The zero-order valence-electron chi connectivity index (χ0n) is 15.8. The summed E-state index contributed by atoms with van der Waals surface area (Å²) < 4.78 is 0. The van der Waals surface area contributed by atoms with Crippen LogP contribution in [-0.4, -0.2) is 34.4 Å². The van der Waals surface area contributed by atoms with Gasteiger partial charge in [0.25, 0.3) is 0 Å². The number of anilines is 1. The minimum atomic E-state index is -0.867. The van der Waals surface area contributed by atoms with Crippen molar-refractivity contribution in [3.05, 3.63) is 42.0 Å². The van der Waals surface area contributed by atoms with Gasteiger partial charge in [0, 0.05) is 11.3 Å². The molecule has 1 aromatic rings. The second kappa shape index (κ2) is 5.87. The fraction of sp³-hybridized carbons (Fsp3) is 0.455. The molecular weight excluding hydrogens is 356 g/mol. The molecule has 0 spiro atoms. The van der Waals surface area contributed by atoms with Crippen LogP contribution in [0.5, 0.6) is 0 Å². The molecule has 6 nitrogen and oxygen atoms in total. The molecule has 1 heterocycles. The van der Waals surface area contributed by atoms with Gasteiger partial charge in [0.1, 0.15) is 6.04 Å². The zero-order chi connectivity index (χ0) is 19.7. The summed E-state index contributed by atoms with van der Waals surface area (Å²) in [6.45, 7) is 3.08. The van der Waals surface area contributed by atoms with Crippen LogP contribution in [0.4, 0.5) is 5.69 Å². The topological polar surface area (TPSA) is 83.6 Å². The molecule has 2 saturated carbocycles. The van der Waals surface area contributed by atoms with Crippen molar-refractivity contribution >= 4 is 29.2 Å². The van der Waals surface area contributed by atoms with E-state index in [0.717, 1.165) is 6.42 Å². The van der Waals surface area contributed by atoms with Gasteiger partial charge >= 0.3 is 0 Å². The number of likely N-dealkylation sites (tertiary alicyclic amines) is 1. The minimum Gasteiger partial charge on any atom is -0.324 e. The largest absolute Gasteiger partial charge is 0.324 e. The summed E-state index contributed by atoms with van der Waals surface area (Å²) in [5.74, 6) is -0.0681. The van der Waals surface area contributed by atoms with Crippen LogP contribution >= 0.6 is 0 Å². The molecule has 2 bridgehead atoms. The Bertz CT molecular complexity index is 898. The number of hydrogen-bond acceptors (Lipinski definition) is 4. The highest BCUT2D eigenvalue weighted by Crippen LogP contribution is 2.65. The lowest BCUT2D eigenvalue weighted by Gasteiger charge is -2.37. The maximum absolute atomic E-state index is 13.1. The molecular formula is C22H22N2O4. The number of ketones is 1. The van der Waals surface area contributed by atoms with Crippen molar-refractivity contribution in [1.29, 1.82) is 0 Å². The molecule has 3 amide bonds. The number of rotatable bonds is 4. The maximum Gasteiger partial charge on any atom is 0.247 e. The van der Waals surface area contributed by atoms with Crippen molar-refractivity contribution in [3.63, 3.8) is 0 Å². The Morgan fingerprint density at radius 3 is 2.04 bits per heavy atom. The number of carbonyl (C=O) groups excluding carboxylic acids is 4. The second-order valence-corrected chi connectivity index (χ2v) is 8.50. The molecule has 0 radical (unpaired) electrons. The van der Waals surface area contributed by atoms with Gasteiger partial charge in [-0.05, 0) is 68.2 Å². The molecule has 1 N–H and O–H groups in total. The molecule has 1 aliphatic heterocycles. The SMILES string of the molecule is CC(=O)c1ccc(NC(=O)[C@H](C)N2C(=O)[C@@H]3[C@H]4C=C[C@@H]([C@@H]5C[C@@H]45)[C@@H]3C2=O)cc1. The van der Waals surface area contributed by atoms with E-state index < -0.39 is 11.9 Å². The predicted molar refractivity (Wildman–Crippen MR) is 101 cm³/mol. The summed E-state index contributed by atoms with van der Waals surface area (Å²) in [6.07, 6.45) is 5.36. The molecule has 6 rings (SSSR count). The molecule has 0 unspecified atom stereocenters. The van der Waals surface area contributed by atoms with E-state index in [1.807, 2.05) is 0 Å². The van der Waals surface area contributed by atoms with Gasteiger partial charge in [-0.1, -0.05) is 12.2 Å². The Hall–Kier alpha value is -2.76. The van der Waals surface area contributed by atoms with Crippen molar-refractivity contribution in [2.45, 2.75) is 26.3 Å². The molecule has 0 aromatic heterocycles. The minimum absolute atomic E-state index is 0.0524. The Morgan fingerprint density at radius 2 is 1.54 bits per heavy atom. The number of imide groups is 1. The van der Waals surface area contributed by atoms with Crippen LogP contribution in [0, 0.1) is 35.5 Å². The summed E-state index contributed by atoms with van der Waals surface area (Å²) in [4.78, 5) is 51.4. The molecule has 144 valence electrons.